The van der Waals surface area contributed by atoms with E-state index < -0.39 is 0 Å². The molecule has 0 heterocycles. The highest BCUT2D eigenvalue weighted by molar-refractivity contribution is 4.85. The number of hydrogen-bond donors (Lipinski definition) is 2. The van der Waals surface area contributed by atoms with Crippen LogP contribution >= 0.6 is 0 Å². The first-order chi connectivity index (χ1) is 2.81. The molecule has 0 aliphatic rings. The maximum absolute atomic E-state index is 8.28. The fraction of sp³-hybridized carbons (Fsp3) is 0.500. The summed E-state index contributed by atoms with van der Waals surface area (Å²) in [6.07, 6.45) is 1.44. The highest BCUT2D eigenvalue weighted by atomic mass is 16.3. The second-order valence-corrected chi connectivity index (χ2v) is 0.938. The van der Waals surface area contributed by atoms with E-state index in [0.717, 1.165) is 0 Å². The average Bonchev–Trinajstić information content (AvgIpc) is 1.65. The Bertz CT molecular complexity index is 56.6. The van der Waals surface area contributed by atoms with E-state index in [4.69, 9.17) is 10.2 Å². The molecule has 0 rings (SSSR count). The third kappa shape index (κ3) is 1.79. The van der Waals surface area contributed by atoms with Crippen molar-refractivity contribution in [1.29, 1.82) is 0 Å². The molecule has 0 aliphatic heterocycles. The van der Waals surface area contributed by atoms with Gasteiger partial charge >= 0.3 is 0 Å². The van der Waals surface area contributed by atoms with Gasteiger partial charge in [0.05, 0.1) is 6.61 Å². The van der Waals surface area contributed by atoms with Crippen LogP contribution in [0.4, 0.5) is 0 Å². The van der Waals surface area contributed by atoms with Crippen LogP contribution < -0.4 is 0 Å². The lowest BCUT2D eigenvalue weighted by atomic mass is 10.5. The normalized spacial score (nSPS) is 12.0. The Morgan fingerprint density at radius 2 is 2.33 bits per heavy atom. The van der Waals surface area contributed by atoms with E-state index in [9.17, 15) is 0 Å². The van der Waals surface area contributed by atoms with E-state index in [1.807, 2.05) is 0 Å². The largest absolute Gasteiger partial charge is 0.510 e. The molecular weight excluding hydrogens is 80.0 g/mol. The highest BCUT2D eigenvalue weighted by Crippen LogP contribution is 1.79. The Labute approximate surface area is 36.7 Å². The fourth-order valence-electron chi connectivity index (χ4n) is 0.0913. The predicted molar refractivity (Wildman–Crippen MR) is 23.5 cm³/mol. The van der Waals surface area contributed by atoms with Gasteiger partial charge < -0.3 is 10.2 Å². The van der Waals surface area contributed by atoms with Gasteiger partial charge in [-0.2, -0.15) is 0 Å². The van der Waals surface area contributed by atoms with Crippen molar-refractivity contribution in [1.82, 2.24) is 0 Å². The average molecular weight is 88.1 g/mol. The summed E-state index contributed by atoms with van der Waals surface area (Å²) in [4.78, 5) is 0. The Morgan fingerprint density at radius 1 is 1.83 bits per heavy atom. The molecule has 0 aromatic carbocycles. The maximum Gasteiger partial charge on any atom is 0.113 e. The molecule has 0 aromatic rings. The van der Waals surface area contributed by atoms with Crippen LogP contribution in [0, 0.1) is 0 Å². The summed E-state index contributed by atoms with van der Waals surface area (Å²) in [6.45, 7) is 1.40. The molecule has 2 nitrogen and oxygen atoms in total. The summed E-state index contributed by atoms with van der Waals surface area (Å²) >= 11 is 0. The van der Waals surface area contributed by atoms with Gasteiger partial charge in [0, 0.05) is 0 Å². The van der Waals surface area contributed by atoms with E-state index in [-0.39, 0.29) is 12.4 Å². The van der Waals surface area contributed by atoms with Gasteiger partial charge in [0.15, 0.2) is 0 Å². The van der Waals surface area contributed by atoms with Crippen molar-refractivity contribution < 1.29 is 10.2 Å². The van der Waals surface area contributed by atoms with Crippen LogP contribution in [0.3, 0.4) is 0 Å². The van der Waals surface area contributed by atoms with Crippen molar-refractivity contribution in [3.8, 4) is 0 Å². The summed E-state index contributed by atoms with van der Waals surface area (Å²) in [5.74, 6) is 0.0231. The molecule has 2 N–H and O–H groups in total. The number of hydrogen-bond acceptors (Lipinski definition) is 2. The second-order valence-electron chi connectivity index (χ2n) is 0.938. The standard InChI is InChI=1S/C4H8O2/c1-2-4(6)3-5/h2,5-6H,3H2,1H3/b4-2-. The fourth-order valence-corrected chi connectivity index (χ4v) is 0.0913. The van der Waals surface area contributed by atoms with Gasteiger partial charge in [-0.05, 0) is 13.0 Å². The SMILES string of the molecule is C/C=C(\O)CO. The smallest absolute Gasteiger partial charge is 0.113 e. The van der Waals surface area contributed by atoms with Gasteiger partial charge in [0.2, 0.25) is 0 Å². The Balaban J connectivity index is 3.22. The van der Waals surface area contributed by atoms with Gasteiger partial charge in [-0.25, -0.2) is 0 Å². The van der Waals surface area contributed by atoms with Gasteiger partial charge in [0.25, 0.3) is 0 Å². The minimum atomic E-state index is -0.253. The number of allylic oxidation sites excluding steroid dienone is 1. The molecule has 6 heavy (non-hydrogen) atoms. The second kappa shape index (κ2) is 2.72. The number of aliphatic hydroxyl groups excluding tert-OH is 2. The summed E-state index contributed by atoms with van der Waals surface area (Å²) in [6, 6.07) is 0. The molecule has 36 valence electrons. The lowest BCUT2D eigenvalue weighted by Crippen LogP contribution is -1.84. The van der Waals surface area contributed by atoms with Crippen molar-refractivity contribution in [3.05, 3.63) is 11.8 Å². The molecular formula is C4H8O2. The predicted octanol–water partition coefficient (Wildman–Crippen LogP) is 0.440. The molecule has 0 amide bonds. The zero-order valence-corrected chi connectivity index (χ0v) is 3.68. The molecule has 0 saturated heterocycles. The zero-order chi connectivity index (χ0) is 4.99. The molecule has 0 aliphatic carbocycles. The van der Waals surface area contributed by atoms with E-state index in [1.165, 1.54) is 6.08 Å². The minimum Gasteiger partial charge on any atom is -0.510 e. The van der Waals surface area contributed by atoms with Gasteiger partial charge in [-0.1, -0.05) is 0 Å². The van der Waals surface area contributed by atoms with Crippen molar-refractivity contribution in [2.24, 2.45) is 0 Å². The molecule has 0 unspecified atom stereocenters. The molecule has 0 bridgehead atoms. The molecule has 0 saturated carbocycles. The highest BCUT2D eigenvalue weighted by Gasteiger charge is 1.77. The zero-order valence-electron chi connectivity index (χ0n) is 3.68. The molecule has 0 atom stereocenters. The topological polar surface area (TPSA) is 40.5 Å². The number of aliphatic hydroxyl groups is 2. The van der Waals surface area contributed by atoms with E-state index in [2.05, 4.69) is 0 Å². The Hall–Kier alpha value is -0.500. The lowest BCUT2D eigenvalue weighted by Gasteiger charge is -1.84. The lowest BCUT2D eigenvalue weighted by molar-refractivity contribution is 0.253. The van der Waals surface area contributed by atoms with Crippen LogP contribution in [0.1, 0.15) is 6.92 Å². The molecule has 0 spiro atoms. The molecule has 0 aromatic heterocycles. The van der Waals surface area contributed by atoms with Crippen molar-refractivity contribution in [2.75, 3.05) is 6.61 Å². The van der Waals surface area contributed by atoms with Crippen LogP contribution in [-0.2, 0) is 0 Å². The van der Waals surface area contributed by atoms with E-state index in [1.54, 1.807) is 6.92 Å². The van der Waals surface area contributed by atoms with E-state index >= 15 is 0 Å². The van der Waals surface area contributed by atoms with Crippen molar-refractivity contribution in [3.63, 3.8) is 0 Å². The molecule has 2 heteroatoms. The van der Waals surface area contributed by atoms with Crippen LogP contribution in [0.15, 0.2) is 11.8 Å². The summed E-state index contributed by atoms with van der Waals surface area (Å²) in [5.41, 5.74) is 0. The van der Waals surface area contributed by atoms with Gasteiger partial charge in [-0.3, -0.25) is 0 Å². The third-order valence-corrected chi connectivity index (χ3v) is 0.495. The summed E-state index contributed by atoms with van der Waals surface area (Å²) in [5, 5.41) is 16.3. The summed E-state index contributed by atoms with van der Waals surface area (Å²) < 4.78 is 0. The number of rotatable bonds is 1. The quantitative estimate of drug-likeness (QED) is 0.456. The van der Waals surface area contributed by atoms with E-state index in [0.29, 0.717) is 0 Å². The van der Waals surface area contributed by atoms with Crippen molar-refractivity contribution >= 4 is 0 Å². The van der Waals surface area contributed by atoms with Crippen LogP contribution in [0.2, 0.25) is 0 Å². The monoisotopic (exact) mass is 88.1 g/mol. The van der Waals surface area contributed by atoms with Gasteiger partial charge in [0.1, 0.15) is 5.76 Å². The first-order valence-electron chi connectivity index (χ1n) is 1.76. The van der Waals surface area contributed by atoms with Crippen LogP contribution in [-0.4, -0.2) is 16.8 Å². The maximum atomic E-state index is 8.28. The third-order valence-electron chi connectivity index (χ3n) is 0.495. The van der Waals surface area contributed by atoms with Crippen molar-refractivity contribution in [2.45, 2.75) is 6.92 Å². The minimum absolute atomic E-state index is 0.0231. The molecule has 0 fully saturated rings. The van der Waals surface area contributed by atoms with Crippen LogP contribution in [0.5, 0.6) is 0 Å². The Kier molecular flexibility index (Phi) is 2.50. The first-order valence-corrected chi connectivity index (χ1v) is 1.76. The summed E-state index contributed by atoms with van der Waals surface area (Å²) in [7, 11) is 0. The molecule has 0 radical (unpaired) electrons. The Morgan fingerprint density at radius 3 is 2.33 bits per heavy atom. The van der Waals surface area contributed by atoms with Crippen LogP contribution in [0.25, 0.3) is 0 Å². The van der Waals surface area contributed by atoms with Gasteiger partial charge in [-0.15, -0.1) is 0 Å². The first kappa shape index (κ1) is 5.50.